The molecule has 1 heterocycles. The van der Waals surface area contributed by atoms with Gasteiger partial charge in [-0.3, -0.25) is 4.79 Å². The molecule has 1 unspecified atom stereocenters. The van der Waals surface area contributed by atoms with Crippen LogP contribution in [0.4, 0.5) is 0 Å². The number of nitrogens with zero attached hydrogens (tertiary/aromatic N) is 1. The number of rotatable bonds is 5. The molecule has 144 valence electrons. The molecule has 1 N–H and O–H groups in total. The predicted molar refractivity (Wildman–Crippen MR) is 108 cm³/mol. The zero-order chi connectivity index (χ0) is 19.4. The highest BCUT2D eigenvalue weighted by Gasteiger charge is 2.27. The summed E-state index contributed by atoms with van der Waals surface area (Å²) in [4.78, 5) is 14.3. The fraction of sp³-hybridized carbons (Fsp3) is 0.316. The minimum atomic E-state index is -3.57. The van der Waals surface area contributed by atoms with E-state index in [9.17, 15) is 13.2 Å². The molecule has 0 aromatic heterocycles. The molecule has 1 aliphatic rings. The highest BCUT2D eigenvalue weighted by molar-refractivity contribution is 7.88. The minimum absolute atomic E-state index is 0.0796. The second kappa shape index (κ2) is 8.61. The van der Waals surface area contributed by atoms with Crippen molar-refractivity contribution in [2.75, 3.05) is 13.1 Å². The Morgan fingerprint density at radius 3 is 2.56 bits per heavy atom. The summed E-state index contributed by atoms with van der Waals surface area (Å²) in [6.45, 7) is 0.979. The highest BCUT2D eigenvalue weighted by Crippen LogP contribution is 2.23. The third-order valence-electron chi connectivity index (χ3n) is 4.42. The van der Waals surface area contributed by atoms with Crippen LogP contribution in [0, 0.1) is 0 Å². The van der Waals surface area contributed by atoms with Gasteiger partial charge in [0.2, 0.25) is 10.0 Å². The number of piperidine rings is 1. The Morgan fingerprint density at radius 2 is 1.85 bits per heavy atom. The Bertz CT molecular complexity index is 920. The van der Waals surface area contributed by atoms with Crippen molar-refractivity contribution >= 4 is 39.1 Å². The molecule has 0 saturated carbocycles. The number of carbonyl (C=O) groups is 1. The summed E-state index contributed by atoms with van der Waals surface area (Å²) in [5.74, 6) is -0.267. The molecular weight excluding hydrogens is 407 g/mol. The molecule has 2 aromatic carbocycles. The Hall–Kier alpha value is -1.60. The monoisotopic (exact) mass is 426 g/mol. The normalized spacial score (nSPS) is 17.7. The van der Waals surface area contributed by atoms with Crippen LogP contribution >= 0.6 is 23.2 Å². The van der Waals surface area contributed by atoms with Crippen LogP contribution in [-0.2, 0) is 15.8 Å². The van der Waals surface area contributed by atoms with E-state index in [0.29, 0.717) is 40.7 Å². The second-order valence-electron chi connectivity index (χ2n) is 6.58. The Labute approximate surface area is 169 Å². The maximum absolute atomic E-state index is 12.6. The first-order chi connectivity index (χ1) is 12.8. The molecular formula is C19H20Cl2N2O3S. The lowest BCUT2D eigenvalue weighted by molar-refractivity contribution is 0.0703. The molecule has 0 bridgehead atoms. The van der Waals surface area contributed by atoms with Gasteiger partial charge in [-0.1, -0.05) is 47.5 Å². The molecule has 1 saturated heterocycles. The number of sulfonamides is 1. The van der Waals surface area contributed by atoms with Crippen molar-refractivity contribution in [2.24, 2.45) is 0 Å². The summed E-state index contributed by atoms with van der Waals surface area (Å²) in [6.07, 6.45) is 1.44. The second-order valence-corrected chi connectivity index (χ2v) is 9.15. The van der Waals surface area contributed by atoms with E-state index in [2.05, 4.69) is 4.72 Å². The van der Waals surface area contributed by atoms with E-state index < -0.39 is 10.0 Å². The van der Waals surface area contributed by atoms with Crippen molar-refractivity contribution in [3.63, 3.8) is 0 Å². The number of amides is 1. The van der Waals surface area contributed by atoms with E-state index in [-0.39, 0.29) is 17.7 Å². The molecule has 0 aliphatic carbocycles. The SMILES string of the molecule is O=C(c1ccccc1)N1CCCC(NS(=O)(=O)Cc2ccc(Cl)c(Cl)c2)C1. The van der Waals surface area contributed by atoms with Crippen molar-refractivity contribution in [1.82, 2.24) is 9.62 Å². The summed E-state index contributed by atoms with van der Waals surface area (Å²) < 4.78 is 27.8. The summed E-state index contributed by atoms with van der Waals surface area (Å²) >= 11 is 11.8. The maximum atomic E-state index is 12.6. The van der Waals surface area contributed by atoms with E-state index >= 15 is 0 Å². The molecule has 8 heteroatoms. The number of halogens is 2. The molecule has 3 rings (SSSR count). The number of likely N-dealkylation sites (tertiary alicyclic amines) is 1. The van der Waals surface area contributed by atoms with Gasteiger partial charge in [0.25, 0.3) is 5.91 Å². The molecule has 27 heavy (non-hydrogen) atoms. The molecule has 1 fully saturated rings. The molecule has 0 radical (unpaired) electrons. The van der Waals surface area contributed by atoms with Gasteiger partial charge in [0.15, 0.2) is 0 Å². The molecule has 5 nitrogen and oxygen atoms in total. The van der Waals surface area contributed by atoms with Crippen LogP contribution in [0.3, 0.4) is 0 Å². The Morgan fingerprint density at radius 1 is 1.11 bits per heavy atom. The number of carbonyl (C=O) groups excluding carboxylic acids is 1. The van der Waals surface area contributed by atoms with Gasteiger partial charge in [-0.2, -0.15) is 0 Å². The van der Waals surface area contributed by atoms with Gasteiger partial charge in [-0.15, -0.1) is 0 Å². The van der Waals surface area contributed by atoms with Gasteiger partial charge >= 0.3 is 0 Å². The van der Waals surface area contributed by atoms with E-state index in [4.69, 9.17) is 23.2 Å². The van der Waals surface area contributed by atoms with Gasteiger partial charge in [0.1, 0.15) is 0 Å². The fourth-order valence-corrected chi connectivity index (χ4v) is 4.89. The van der Waals surface area contributed by atoms with Crippen molar-refractivity contribution < 1.29 is 13.2 Å². The first kappa shape index (κ1) is 20.1. The first-order valence-electron chi connectivity index (χ1n) is 8.62. The smallest absolute Gasteiger partial charge is 0.253 e. The zero-order valence-corrected chi connectivity index (χ0v) is 16.9. The third-order valence-corrected chi connectivity index (χ3v) is 6.56. The van der Waals surface area contributed by atoms with Gasteiger partial charge in [-0.25, -0.2) is 13.1 Å². The van der Waals surface area contributed by atoms with Crippen molar-refractivity contribution in [3.05, 3.63) is 69.7 Å². The Kier molecular flexibility index (Phi) is 6.42. The topological polar surface area (TPSA) is 66.5 Å². The number of hydrogen-bond acceptors (Lipinski definition) is 3. The van der Waals surface area contributed by atoms with E-state index in [1.807, 2.05) is 18.2 Å². The van der Waals surface area contributed by atoms with Crippen molar-refractivity contribution in [2.45, 2.75) is 24.6 Å². The third kappa shape index (κ3) is 5.45. The largest absolute Gasteiger partial charge is 0.337 e. The van der Waals surface area contributed by atoms with E-state index in [0.717, 1.165) is 6.42 Å². The standard InChI is InChI=1S/C19H20Cl2N2O3S/c20-17-9-8-14(11-18(17)21)13-27(25,26)22-16-7-4-10-23(12-16)19(24)15-5-2-1-3-6-15/h1-3,5-6,8-9,11,16,22H,4,7,10,12-13H2. The van der Waals surface area contributed by atoms with E-state index in [1.54, 1.807) is 35.2 Å². The number of hydrogen-bond donors (Lipinski definition) is 1. The van der Waals surface area contributed by atoms with Crippen molar-refractivity contribution in [3.8, 4) is 0 Å². The van der Waals surface area contributed by atoms with Gasteiger partial charge in [-0.05, 0) is 42.7 Å². The Balaban J connectivity index is 1.64. The van der Waals surface area contributed by atoms with Crippen LogP contribution in [0.2, 0.25) is 10.0 Å². The molecule has 0 spiro atoms. The van der Waals surface area contributed by atoms with Crippen LogP contribution in [0.5, 0.6) is 0 Å². The van der Waals surface area contributed by atoms with E-state index in [1.165, 1.54) is 0 Å². The summed E-state index contributed by atoms with van der Waals surface area (Å²) in [5, 5.41) is 0.704. The van der Waals surface area contributed by atoms with Gasteiger partial charge in [0.05, 0.1) is 15.8 Å². The van der Waals surface area contributed by atoms with Crippen LogP contribution in [0.25, 0.3) is 0 Å². The minimum Gasteiger partial charge on any atom is -0.337 e. The molecule has 1 atom stereocenters. The number of nitrogens with one attached hydrogen (secondary N) is 1. The lowest BCUT2D eigenvalue weighted by Gasteiger charge is -2.33. The molecule has 2 aromatic rings. The van der Waals surface area contributed by atoms with Gasteiger partial charge in [0, 0.05) is 24.7 Å². The lowest BCUT2D eigenvalue weighted by Crippen LogP contribution is -2.49. The van der Waals surface area contributed by atoms with Crippen LogP contribution < -0.4 is 4.72 Å². The fourth-order valence-electron chi connectivity index (χ4n) is 3.17. The lowest BCUT2D eigenvalue weighted by atomic mass is 10.1. The highest BCUT2D eigenvalue weighted by atomic mass is 35.5. The summed E-state index contributed by atoms with van der Waals surface area (Å²) in [5.41, 5.74) is 1.17. The zero-order valence-electron chi connectivity index (χ0n) is 14.6. The number of benzene rings is 2. The first-order valence-corrected chi connectivity index (χ1v) is 11.0. The average molecular weight is 427 g/mol. The van der Waals surface area contributed by atoms with Crippen LogP contribution in [-0.4, -0.2) is 38.4 Å². The summed E-state index contributed by atoms with van der Waals surface area (Å²) in [7, 11) is -3.57. The maximum Gasteiger partial charge on any atom is 0.253 e. The van der Waals surface area contributed by atoms with Crippen LogP contribution in [0.1, 0.15) is 28.8 Å². The predicted octanol–water partition coefficient (Wildman–Crippen LogP) is 3.72. The quantitative estimate of drug-likeness (QED) is 0.791. The molecule has 1 amide bonds. The average Bonchev–Trinajstić information content (AvgIpc) is 2.64. The molecule has 1 aliphatic heterocycles. The van der Waals surface area contributed by atoms with Gasteiger partial charge < -0.3 is 4.90 Å². The van der Waals surface area contributed by atoms with Crippen molar-refractivity contribution in [1.29, 1.82) is 0 Å². The van der Waals surface area contributed by atoms with Crippen LogP contribution in [0.15, 0.2) is 48.5 Å². The summed E-state index contributed by atoms with van der Waals surface area (Å²) in [6, 6.07) is 13.5.